The standard InChI is InChI=1S/C24H32FN5O.HI/c1-4-26-22(28-16-24(12-13-24)19-6-5-7-20(25)14-19)27-15-18-8-10-21(11-9-18)30-23(31)29-17(2)3;/h5-11,14,17H,4,12-13,15-16H2,1-3H3,(H2,26,27,28)(H2,29,30,31);1H. The number of carbonyl (C=O) groups is 1. The predicted molar refractivity (Wildman–Crippen MR) is 139 cm³/mol. The largest absolute Gasteiger partial charge is 0.357 e. The Morgan fingerprint density at radius 3 is 2.44 bits per heavy atom. The van der Waals surface area contributed by atoms with E-state index in [0.717, 1.165) is 48.7 Å². The molecular weight excluding hydrogens is 520 g/mol. The zero-order valence-electron chi connectivity index (χ0n) is 18.9. The quantitative estimate of drug-likeness (QED) is 0.216. The van der Waals surface area contributed by atoms with Crippen LogP contribution in [0.2, 0.25) is 0 Å². The molecule has 1 aliphatic carbocycles. The second kappa shape index (κ2) is 12.0. The Morgan fingerprint density at radius 1 is 1.12 bits per heavy atom. The number of halogens is 2. The molecule has 0 atom stereocenters. The van der Waals surface area contributed by atoms with Crippen LogP contribution in [-0.4, -0.2) is 31.1 Å². The lowest BCUT2D eigenvalue weighted by molar-refractivity contribution is 0.250. The van der Waals surface area contributed by atoms with Crippen LogP contribution in [0.15, 0.2) is 53.5 Å². The minimum Gasteiger partial charge on any atom is -0.357 e. The Hall–Kier alpha value is -2.36. The summed E-state index contributed by atoms with van der Waals surface area (Å²) in [4.78, 5) is 16.5. The third-order valence-electron chi connectivity index (χ3n) is 5.28. The van der Waals surface area contributed by atoms with Gasteiger partial charge in [0.15, 0.2) is 5.96 Å². The number of rotatable bonds is 8. The number of guanidine groups is 1. The average Bonchev–Trinajstić information content (AvgIpc) is 3.52. The van der Waals surface area contributed by atoms with Crippen molar-refractivity contribution in [2.45, 2.75) is 51.6 Å². The van der Waals surface area contributed by atoms with E-state index in [1.807, 2.05) is 51.1 Å². The zero-order chi connectivity index (χ0) is 22.3. The number of aliphatic imine (C=N–C) groups is 1. The van der Waals surface area contributed by atoms with Crippen LogP contribution in [0.1, 0.15) is 44.7 Å². The van der Waals surface area contributed by atoms with Crippen molar-refractivity contribution in [3.63, 3.8) is 0 Å². The number of nitrogens with zero attached hydrogens (tertiary/aromatic N) is 1. The Labute approximate surface area is 206 Å². The summed E-state index contributed by atoms with van der Waals surface area (Å²) in [6, 6.07) is 14.4. The first kappa shape index (κ1) is 25.9. The second-order valence-corrected chi connectivity index (χ2v) is 8.29. The van der Waals surface area contributed by atoms with Crippen molar-refractivity contribution in [3.05, 3.63) is 65.5 Å². The van der Waals surface area contributed by atoms with Crippen LogP contribution in [0.25, 0.3) is 0 Å². The number of carbonyl (C=O) groups excluding carboxylic acids is 1. The van der Waals surface area contributed by atoms with Gasteiger partial charge in [-0.2, -0.15) is 0 Å². The lowest BCUT2D eigenvalue weighted by atomic mass is 9.96. The van der Waals surface area contributed by atoms with Crippen molar-refractivity contribution in [1.82, 2.24) is 16.0 Å². The van der Waals surface area contributed by atoms with Crippen molar-refractivity contribution in [1.29, 1.82) is 0 Å². The van der Waals surface area contributed by atoms with Gasteiger partial charge in [0.05, 0.1) is 6.54 Å². The van der Waals surface area contributed by atoms with Gasteiger partial charge in [0, 0.05) is 30.2 Å². The highest BCUT2D eigenvalue weighted by atomic mass is 127. The molecule has 8 heteroatoms. The summed E-state index contributed by atoms with van der Waals surface area (Å²) < 4.78 is 13.6. The van der Waals surface area contributed by atoms with E-state index in [9.17, 15) is 9.18 Å². The molecule has 0 saturated heterocycles. The molecule has 1 aliphatic rings. The molecule has 0 bridgehead atoms. The summed E-state index contributed by atoms with van der Waals surface area (Å²) in [7, 11) is 0. The summed E-state index contributed by atoms with van der Waals surface area (Å²) in [6.07, 6.45) is 2.09. The molecule has 4 N–H and O–H groups in total. The van der Waals surface area contributed by atoms with E-state index in [2.05, 4.69) is 26.3 Å². The van der Waals surface area contributed by atoms with Gasteiger partial charge < -0.3 is 21.3 Å². The maximum Gasteiger partial charge on any atom is 0.319 e. The summed E-state index contributed by atoms with van der Waals surface area (Å²) in [5.74, 6) is 0.549. The van der Waals surface area contributed by atoms with Crippen molar-refractivity contribution >= 4 is 41.7 Å². The molecule has 0 aliphatic heterocycles. The lowest BCUT2D eigenvalue weighted by Crippen LogP contribution is -2.41. The first-order valence-corrected chi connectivity index (χ1v) is 10.8. The van der Waals surface area contributed by atoms with E-state index in [1.54, 1.807) is 12.1 Å². The Bertz CT molecular complexity index is 913. The van der Waals surface area contributed by atoms with Gasteiger partial charge in [-0.15, -0.1) is 24.0 Å². The molecule has 32 heavy (non-hydrogen) atoms. The molecule has 0 radical (unpaired) electrons. The molecule has 0 aromatic heterocycles. The van der Waals surface area contributed by atoms with Crippen LogP contribution in [0.5, 0.6) is 0 Å². The van der Waals surface area contributed by atoms with Crippen molar-refractivity contribution in [3.8, 4) is 0 Å². The number of urea groups is 1. The lowest BCUT2D eigenvalue weighted by Gasteiger charge is -2.19. The number of hydrogen-bond donors (Lipinski definition) is 4. The van der Waals surface area contributed by atoms with Crippen LogP contribution in [0, 0.1) is 5.82 Å². The van der Waals surface area contributed by atoms with Gasteiger partial charge in [0.25, 0.3) is 0 Å². The van der Waals surface area contributed by atoms with Crippen LogP contribution in [0.4, 0.5) is 14.9 Å². The normalized spacial score (nSPS) is 14.3. The summed E-state index contributed by atoms with van der Waals surface area (Å²) in [5.41, 5.74) is 2.81. The van der Waals surface area contributed by atoms with E-state index in [4.69, 9.17) is 0 Å². The molecule has 2 amide bonds. The van der Waals surface area contributed by atoms with Gasteiger partial charge in [-0.1, -0.05) is 24.3 Å². The fourth-order valence-electron chi connectivity index (χ4n) is 3.42. The van der Waals surface area contributed by atoms with Gasteiger partial charge in [-0.3, -0.25) is 0 Å². The molecular formula is C24H33FIN5O. The maximum absolute atomic E-state index is 13.6. The van der Waals surface area contributed by atoms with Gasteiger partial charge in [-0.25, -0.2) is 14.2 Å². The van der Waals surface area contributed by atoms with Gasteiger partial charge in [0.2, 0.25) is 0 Å². The molecule has 6 nitrogen and oxygen atoms in total. The number of benzene rings is 2. The Morgan fingerprint density at radius 2 is 1.84 bits per heavy atom. The van der Waals surface area contributed by atoms with Gasteiger partial charge in [-0.05, 0) is 69.0 Å². The van der Waals surface area contributed by atoms with Crippen LogP contribution in [-0.2, 0) is 12.0 Å². The number of hydrogen-bond acceptors (Lipinski definition) is 2. The van der Waals surface area contributed by atoms with Crippen LogP contribution >= 0.6 is 24.0 Å². The summed E-state index contributed by atoms with van der Waals surface area (Å²) in [6.45, 7) is 7.85. The van der Waals surface area contributed by atoms with Crippen LogP contribution in [0.3, 0.4) is 0 Å². The van der Waals surface area contributed by atoms with E-state index in [-0.39, 0.29) is 47.3 Å². The fourth-order valence-corrected chi connectivity index (χ4v) is 3.42. The SMILES string of the molecule is CCNC(=NCc1ccc(NC(=O)NC(C)C)cc1)NCC1(c2cccc(F)c2)CC1.I. The molecule has 1 fully saturated rings. The second-order valence-electron chi connectivity index (χ2n) is 8.29. The van der Waals surface area contributed by atoms with Crippen molar-refractivity contribution < 1.29 is 9.18 Å². The van der Waals surface area contributed by atoms with Crippen LogP contribution < -0.4 is 21.3 Å². The van der Waals surface area contributed by atoms with E-state index < -0.39 is 0 Å². The highest BCUT2D eigenvalue weighted by Gasteiger charge is 2.44. The smallest absolute Gasteiger partial charge is 0.319 e. The Balaban J connectivity index is 0.00000363. The maximum atomic E-state index is 13.6. The highest BCUT2D eigenvalue weighted by Crippen LogP contribution is 2.47. The van der Waals surface area contributed by atoms with E-state index >= 15 is 0 Å². The topological polar surface area (TPSA) is 77.5 Å². The van der Waals surface area contributed by atoms with E-state index in [1.165, 1.54) is 6.07 Å². The highest BCUT2D eigenvalue weighted by molar-refractivity contribution is 14.0. The van der Waals surface area contributed by atoms with E-state index in [0.29, 0.717) is 6.54 Å². The molecule has 174 valence electrons. The molecule has 0 spiro atoms. The van der Waals surface area contributed by atoms with Gasteiger partial charge >= 0.3 is 6.03 Å². The molecule has 2 aromatic carbocycles. The Kier molecular flexibility index (Phi) is 9.74. The van der Waals surface area contributed by atoms with Crippen molar-refractivity contribution in [2.75, 3.05) is 18.4 Å². The molecule has 0 unspecified atom stereocenters. The number of anilines is 1. The third kappa shape index (κ3) is 7.65. The van der Waals surface area contributed by atoms with Gasteiger partial charge in [0.1, 0.15) is 5.82 Å². The third-order valence-corrected chi connectivity index (χ3v) is 5.28. The molecule has 1 saturated carbocycles. The monoisotopic (exact) mass is 553 g/mol. The summed E-state index contributed by atoms with van der Waals surface area (Å²) in [5, 5.41) is 12.3. The average molecular weight is 553 g/mol. The summed E-state index contributed by atoms with van der Waals surface area (Å²) >= 11 is 0. The number of nitrogens with one attached hydrogen (secondary N) is 4. The first-order valence-electron chi connectivity index (χ1n) is 10.8. The minimum absolute atomic E-state index is 0. The molecule has 3 rings (SSSR count). The molecule has 0 heterocycles. The molecule has 2 aromatic rings. The first-order chi connectivity index (χ1) is 14.9. The fraction of sp³-hybridized carbons (Fsp3) is 0.417. The zero-order valence-corrected chi connectivity index (χ0v) is 21.2. The minimum atomic E-state index is -0.216. The number of amides is 2. The van der Waals surface area contributed by atoms with Crippen molar-refractivity contribution in [2.24, 2.45) is 4.99 Å². The predicted octanol–water partition coefficient (Wildman–Crippen LogP) is 4.76.